The number of piperidine rings is 1. The summed E-state index contributed by atoms with van der Waals surface area (Å²) in [5.74, 6) is 0.223. The third-order valence-electron chi connectivity index (χ3n) is 4.73. The number of rotatable bonds is 6. The van der Waals surface area contributed by atoms with Crippen LogP contribution in [-0.4, -0.2) is 47.2 Å². The first-order valence-electron chi connectivity index (χ1n) is 9.61. The van der Waals surface area contributed by atoms with Crippen LogP contribution in [-0.2, 0) is 14.4 Å². The summed E-state index contributed by atoms with van der Waals surface area (Å²) in [5.41, 5.74) is 1.36. The molecule has 2 heterocycles. The van der Waals surface area contributed by atoms with Gasteiger partial charge in [-0.15, -0.1) is 0 Å². The second kappa shape index (κ2) is 9.79. The molecular weight excluding hydrogens is 370 g/mol. The van der Waals surface area contributed by atoms with Crippen LogP contribution in [0.2, 0.25) is 0 Å². The Bertz CT molecular complexity index is 846. The molecule has 0 atom stereocenters. The zero-order chi connectivity index (χ0) is 20.6. The Morgan fingerprint density at radius 3 is 2.21 bits per heavy atom. The quantitative estimate of drug-likeness (QED) is 0.697. The van der Waals surface area contributed by atoms with Gasteiger partial charge in [0, 0.05) is 30.4 Å². The highest BCUT2D eigenvalue weighted by Crippen LogP contribution is 2.19. The molecule has 0 saturated carbocycles. The molecule has 152 valence electrons. The second-order valence-corrected chi connectivity index (χ2v) is 7.06. The summed E-state index contributed by atoms with van der Waals surface area (Å²) in [4.78, 5) is 41.8. The topological polar surface area (TPSA) is 103 Å². The number of pyridine rings is 1. The van der Waals surface area contributed by atoms with Crippen molar-refractivity contribution in [2.24, 2.45) is 5.92 Å². The molecular formula is C21H25N5O3. The Labute approximate surface area is 169 Å². The van der Waals surface area contributed by atoms with Crippen LogP contribution < -0.4 is 16.0 Å². The lowest BCUT2D eigenvalue weighted by Crippen LogP contribution is -2.41. The van der Waals surface area contributed by atoms with E-state index in [9.17, 15) is 14.4 Å². The number of carbonyl (C=O) groups excluding carboxylic acids is 3. The number of amides is 3. The highest BCUT2D eigenvalue weighted by molar-refractivity contribution is 5.93. The molecule has 1 aliphatic heterocycles. The van der Waals surface area contributed by atoms with E-state index in [2.05, 4.69) is 20.9 Å². The Balaban J connectivity index is 1.41. The van der Waals surface area contributed by atoms with E-state index in [4.69, 9.17) is 0 Å². The van der Waals surface area contributed by atoms with Gasteiger partial charge in [-0.2, -0.15) is 0 Å². The van der Waals surface area contributed by atoms with Crippen LogP contribution >= 0.6 is 0 Å². The summed E-state index contributed by atoms with van der Waals surface area (Å²) in [6.45, 7) is 3.10. The van der Waals surface area contributed by atoms with Gasteiger partial charge in [0.15, 0.2) is 0 Å². The third-order valence-corrected chi connectivity index (χ3v) is 4.73. The minimum atomic E-state index is -0.140. The monoisotopic (exact) mass is 395 g/mol. The number of likely N-dealkylation sites (tertiary alicyclic amines) is 1. The molecule has 29 heavy (non-hydrogen) atoms. The smallest absolute Gasteiger partial charge is 0.238 e. The van der Waals surface area contributed by atoms with E-state index in [-0.39, 0.29) is 30.2 Å². The molecule has 3 rings (SSSR count). The van der Waals surface area contributed by atoms with Crippen LogP contribution in [0.4, 0.5) is 17.2 Å². The number of aromatic nitrogens is 1. The zero-order valence-corrected chi connectivity index (χ0v) is 16.4. The lowest BCUT2D eigenvalue weighted by Gasteiger charge is -2.30. The lowest BCUT2D eigenvalue weighted by atomic mass is 9.96. The largest absolute Gasteiger partial charge is 0.326 e. The van der Waals surface area contributed by atoms with Crippen molar-refractivity contribution in [1.82, 2.24) is 9.88 Å². The summed E-state index contributed by atoms with van der Waals surface area (Å²) in [5, 5.41) is 8.38. The van der Waals surface area contributed by atoms with Crippen LogP contribution in [0.3, 0.4) is 0 Å². The first-order chi connectivity index (χ1) is 14.0. The third kappa shape index (κ3) is 6.39. The fourth-order valence-electron chi connectivity index (χ4n) is 3.26. The Morgan fingerprint density at radius 2 is 1.62 bits per heavy atom. The van der Waals surface area contributed by atoms with Crippen molar-refractivity contribution >= 4 is 34.9 Å². The van der Waals surface area contributed by atoms with E-state index in [1.807, 2.05) is 11.0 Å². The highest BCUT2D eigenvalue weighted by Gasteiger charge is 2.26. The van der Waals surface area contributed by atoms with Gasteiger partial charge >= 0.3 is 0 Å². The number of hydrogen-bond acceptors (Lipinski definition) is 5. The standard InChI is InChI=1S/C21H25N5O3/c1-15(27)23-17-5-7-18(8-6-17)24-20(28)14-26-12-9-16(10-13-26)21(29)25-19-4-2-3-11-22-19/h2-8,11,16H,9-10,12-14H2,1H3,(H,23,27)(H,24,28)(H,22,25,29). The van der Waals surface area contributed by atoms with Crippen molar-refractivity contribution in [3.05, 3.63) is 48.7 Å². The zero-order valence-electron chi connectivity index (χ0n) is 16.4. The van der Waals surface area contributed by atoms with Gasteiger partial charge in [0.25, 0.3) is 0 Å². The number of benzene rings is 1. The molecule has 0 spiro atoms. The van der Waals surface area contributed by atoms with Crippen molar-refractivity contribution in [3.8, 4) is 0 Å². The maximum Gasteiger partial charge on any atom is 0.238 e. The predicted molar refractivity (Wildman–Crippen MR) is 111 cm³/mol. The molecule has 1 aliphatic rings. The summed E-state index contributed by atoms with van der Waals surface area (Å²) >= 11 is 0. The summed E-state index contributed by atoms with van der Waals surface area (Å²) < 4.78 is 0. The van der Waals surface area contributed by atoms with E-state index in [0.29, 0.717) is 43.1 Å². The molecule has 3 N–H and O–H groups in total. The predicted octanol–water partition coefficient (Wildman–Crippen LogP) is 2.33. The molecule has 0 bridgehead atoms. The highest BCUT2D eigenvalue weighted by atomic mass is 16.2. The number of nitrogens with one attached hydrogen (secondary N) is 3. The molecule has 3 amide bonds. The van der Waals surface area contributed by atoms with Gasteiger partial charge in [0.2, 0.25) is 17.7 Å². The van der Waals surface area contributed by atoms with Crippen molar-refractivity contribution in [3.63, 3.8) is 0 Å². The van der Waals surface area contributed by atoms with Gasteiger partial charge in [-0.1, -0.05) is 6.07 Å². The van der Waals surface area contributed by atoms with Crippen molar-refractivity contribution in [2.75, 3.05) is 35.6 Å². The minimum absolute atomic E-state index is 0.0212. The van der Waals surface area contributed by atoms with E-state index < -0.39 is 0 Å². The normalized spacial score (nSPS) is 14.8. The molecule has 1 fully saturated rings. The van der Waals surface area contributed by atoms with Gasteiger partial charge < -0.3 is 16.0 Å². The van der Waals surface area contributed by atoms with E-state index in [0.717, 1.165) is 0 Å². The van der Waals surface area contributed by atoms with Gasteiger partial charge in [-0.05, 0) is 62.3 Å². The van der Waals surface area contributed by atoms with Gasteiger partial charge in [0.1, 0.15) is 5.82 Å². The van der Waals surface area contributed by atoms with E-state index in [1.165, 1.54) is 6.92 Å². The van der Waals surface area contributed by atoms with E-state index >= 15 is 0 Å². The maximum atomic E-state index is 12.4. The first-order valence-corrected chi connectivity index (χ1v) is 9.61. The second-order valence-electron chi connectivity index (χ2n) is 7.06. The average Bonchev–Trinajstić information content (AvgIpc) is 2.70. The average molecular weight is 395 g/mol. The molecule has 1 aromatic carbocycles. The number of nitrogens with zero attached hydrogens (tertiary/aromatic N) is 2. The summed E-state index contributed by atoms with van der Waals surface area (Å²) in [7, 11) is 0. The Hall–Kier alpha value is -3.26. The fourth-order valence-corrected chi connectivity index (χ4v) is 3.26. The van der Waals surface area contributed by atoms with Crippen LogP contribution in [0, 0.1) is 5.92 Å². The van der Waals surface area contributed by atoms with Gasteiger partial charge in [-0.25, -0.2) is 4.98 Å². The Morgan fingerprint density at radius 1 is 0.966 bits per heavy atom. The fraction of sp³-hybridized carbons (Fsp3) is 0.333. The van der Waals surface area contributed by atoms with Crippen LogP contribution in [0.25, 0.3) is 0 Å². The van der Waals surface area contributed by atoms with Crippen LogP contribution in [0.1, 0.15) is 19.8 Å². The molecule has 0 radical (unpaired) electrons. The van der Waals surface area contributed by atoms with Gasteiger partial charge in [-0.3, -0.25) is 19.3 Å². The van der Waals surface area contributed by atoms with Crippen molar-refractivity contribution in [1.29, 1.82) is 0 Å². The van der Waals surface area contributed by atoms with Gasteiger partial charge in [0.05, 0.1) is 6.54 Å². The van der Waals surface area contributed by atoms with Crippen molar-refractivity contribution < 1.29 is 14.4 Å². The molecule has 8 heteroatoms. The molecule has 0 unspecified atom stereocenters. The summed E-state index contributed by atoms with van der Waals surface area (Å²) in [6, 6.07) is 12.4. The Kier molecular flexibility index (Phi) is 6.91. The van der Waals surface area contributed by atoms with Crippen molar-refractivity contribution in [2.45, 2.75) is 19.8 Å². The van der Waals surface area contributed by atoms with Crippen LogP contribution in [0.5, 0.6) is 0 Å². The molecule has 1 aromatic heterocycles. The summed E-state index contributed by atoms with van der Waals surface area (Å²) in [6.07, 6.45) is 3.05. The maximum absolute atomic E-state index is 12.4. The molecule has 0 aliphatic carbocycles. The minimum Gasteiger partial charge on any atom is -0.326 e. The molecule has 1 saturated heterocycles. The molecule has 8 nitrogen and oxygen atoms in total. The molecule has 2 aromatic rings. The lowest BCUT2D eigenvalue weighted by molar-refractivity contribution is -0.121. The number of anilines is 3. The number of carbonyl (C=O) groups is 3. The SMILES string of the molecule is CC(=O)Nc1ccc(NC(=O)CN2CCC(C(=O)Nc3ccccn3)CC2)cc1. The number of hydrogen-bond donors (Lipinski definition) is 3. The first kappa shape index (κ1) is 20.5. The van der Waals surface area contributed by atoms with E-state index in [1.54, 1.807) is 42.6 Å². The van der Waals surface area contributed by atoms with Crippen LogP contribution in [0.15, 0.2) is 48.7 Å².